The molecule has 0 heterocycles. The molecule has 5 N–H and O–H groups in total. The summed E-state index contributed by atoms with van der Waals surface area (Å²) in [5.74, 6) is -0.355. The second-order valence-electron chi connectivity index (χ2n) is 16.0. The molecule has 0 aliphatic carbocycles. The molecule has 0 bridgehead atoms. The molecule has 0 rings (SSSR count). The Hall–Kier alpha value is -2.15. The number of carbonyl (C=O) groups is 2. The van der Waals surface area contributed by atoms with Crippen molar-refractivity contribution in [1.82, 2.24) is 0 Å². The molecule has 344 valence electrons. The van der Waals surface area contributed by atoms with Crippen LogP contribution >= 0.6 is 7.82 Å². The van der Waals surface area contributed by atoms with E-state index < -0.39 is 70.6 Å². The van der Waals surface area contributed by atoms with Crippen molar-refractivity contribution in [2.45, 2.75) is 199 Å². The molecule has 0 fully saturated rings. The first-order valence-electron chi connectivity index (χ1n) is 22.7. The second-order valence-corrected chi connectivity index (χ2v) is 17.4. The van der Waals surface area contributed by atoms with Crippen LogP contribution < -0.4 is 0 Å². The number of unbranched alkanes of at least 4 members (excludes halogenated alkanes) is 16. The average Bonchev–Trinajstić information content (AvgIpc) is 3.20. The van der Waals surface area contributed by atoms with Gasteiger partial charge in [0.1, 0.15) is 12.7 Å². The van der Waals surface area contributed by atoms with Gasteiger partial charge in [0.05, 0.1) is 32.0 Å². The number of aliphatic hydroxyl groups is 4. The van der Waals surface area contributed by atoms with Crippen LogP contribution in [-0.4, -0.2) is 88.1 Å². The highest BCUT2D eigenvalue weighted by Gasteiger charge is 2.27. The van der Waals surface area contributed by atoms with E-state index in [4.69, 9.17) is 19.1 Å². The maximum atomic E-state index is 12.6. The number of hydrogen-bond acceptors (Lipinski definition) is 11. The summed E-state index contributed by atoms with van der Waals surface area (Å²) >= 11 is 0. The summed E-state index contributed by atoms with van der Waals surface area (Å²) in [5.41, 5.74) is 0. The zero-order valence-corrected chi connectivity index (χ0v) is 37.7. The Morgan fingerprint density at radius 3 is 1.73 bits per heavy atom. The summed E-state index contributed by atoms with van der Waals surface area (Å²) in [6, 6.07) is 0. The van der Waals surface area contributed by atoms with Crippen LogP contribution in [0.5, 0.6) is 0 Å². The number of allylic oxidation sites excluding steroid dienone is 5. The summed E-state index contributed by atoms with van der Waals surface area (Å²) in [6.45, 7) is 4.37. The maximum Gasteiger partial charge on any atom is 0.472 e. The lowest BCUT2D eigenvalue weighted by atomic mass is 10.0. The van der Waals surface area contributed by atoms with Gasteiger partial charge in [0.2, 0.25) is 0 Å². The third-order valence-electron chi connectivity index (χ3n) is 9.60. The van der Waals surface area contributed by atoms with Crippen molar-refractivity contribution >= 4 is 19.8 Å². The minimum atomic E-state index is -4.68. The molecule has 0 aromatic heterocycles. The first kappa shape index (κ1) is 56.9. The Morgan fingerprint density at radius 1 is 0.610 bits per heavy atom. The van der Waals surface area contributed by atoms with Crippen LogP contribution in [0.1, 0.15) is 175 Å². The molecule has 0 amide bonds. The molecule has 12 nitrogen and oxygen atoms in total. The predicted octanol–water partition coefficient (Wildman–Crippen LogP) is 9.91. The van der Waals surface area contributed by atoms with Gasteiger partial charge in [-0.2, -0.15) is 0 Å². The largest absolute Gasteiger partial charge is 0.472 e. The van der Waals surface area contributed by atoms with Gasteiger partial charge in [0.15, 0.2) is 6.10 Å². The van der Waals surface area contributed by atoms with E-state index in [9.17, 15) is 34.4 Å². The van der Waals surface area contributed by atoms with Crippen LogP contribution in [0.25, 0.3) is 0 Å². The Balaban J connectivity index is 4.51. The molecule has 1 unspecified atom stereocenters. The molecule has 5 atom stereocenters. The zero-order chi connectivity index (χ0) is 43.8. The molecule has 0 radical (unpaired) electrons. The average molecular weight is 859 g/mol. The lowest BCUT2D eigenvalue weighted by Crippen LogP contribution is -2.30. The van der Waals surface area contributed by atoms with Crippen molar-refractivity contribution in [3.05, 3.63) is 48.6 Å². The van der Waals surface area contributed by atoms with Crippen LogP contribution in [-0.2, 0) is 32.7 Å². The van der Waals surface area contributed by atoms with Crippen LogP contribution in [0.3, 0.4) is 0 Å². The first-order chi connectivity index (χ1) is 28.4. The Bertz CT molecular complexity index is 1170. The predicted molar refractivity (Wildman–Crippen MR) is 236 cm³/mol. The quantitative estimate of drug-likeness (QED) is 0.0129. The Morgan fingerprint density at radius 2 is 1.15 bits per heavy atom. The van der Waals surface area contributed by atoms with E-state index in [-0.39, 0.29) is 12.8 Å². The van der Waals surface area contributed by atoms with E-state index in [1.54, 1.807) is 36.5 Å². The van der Waals surface area contributed by atoms with Gasteiger partial charge in [-0.15, -0.1) is 0 Å². The number of aliphatic hydroxyl groups excluding tert-OH is 4. The Kier molecular flexibility index (Phi) is 38.5. The summed E-state index contributed by atoms with van der Waals surface area (Å²) in [6.07, 6.45) is 34.2. The number of hydrogen-bond donors (Lipinski definition) is 5. The standard InChI is InChI=1S/C46H83O12P/c1-4-5-6-7-19-24-30-41(48)31-25-21-22-26-32-42(49)33-28-35-45(51)55-38-44(39-57-59(53,54)56-37-43(50)36-47)58-46(52)34-27-20-17-15-13-11-9-8-10-12-14-16-18-23-29-40(2)3/h19,21-22,24-26,31-32,40-44,47-50H,4-18,20,23,27-30,33-39H2,1-3H3,(H,53,54)/b22-21+,24-19-,31-25+,32-26-/t41-,42-,43+,44-/m1/s1. The summed E-state index contributed by atoms with van der Waals surface area (Å²) in [5, 5.41) is 38.6. The maximum absolute atomic E-state index is 12.6. The molecule has 0 saturated heterocycles. The van der Waals surface area contributed by atoms with Gasteiger partial charge in [-0.1, -0.05) is 172 Å². The van der Waals surface area contributed by atoms with Crippen molar-refractivity contribution in [3.8, 4) is 0 Å². The van der Waals surface area contributed by atoms with Crippen LogP contribution in [0.4, 0.5) is 0 Å². The smallest absolute Gasteiger partial charge is 0.462 e. The van der Waals surface area contributed by atoms with Gasteiger partial charge in [-0.05, 0) is 44.4 Å². The number of phosphoric ester groups is 1. The van der Waals surface area contributed by atoms with Crippen molar-refractivity contribution < 1.29 is 58.0 Å². The van der Waals surface area contributed by atoms with E-state index in [0.717, 1.165) is 38.0 Å². The highest BCUT2D eigenvalue weighted by Crippen LogP contribution is 2.43. The third kappa shape index (κ3) is 41.0. The van der Waals surface area contributed by atoms with E-state index >= 15 is 0 Å². The molecular formula is C46H83O12P. The fraction of sp³-hybridized carbons (Fsp3) is 0.783. The van der Waals surface area contributed by atoms with Gasteiger partial charge in [-0.3, -0.25) is 18.6 Å². The third-order valence-corrected chi connectivity index (χ3v) is 10.6. The van der Waals surface area contributed by atoms with Crippen LogP contribution in [0.15, 0.2) is 48.6 Å². The van der Waals surface area contributed by atoms with Crippen molar-refractivity contribution in [3.63, 3.8) is 0 Å². The van der Waals surface area contributed by atoms with E-state index in [1.165, 1.54) is 83.5 Å². The number of phosphoric acid groups is 1. The number of rotatable bonds is 41. The fourth-order valence-electron chi connectivity index (χ4n) is 6.02. The van der Waals surface area contributed by atoms with Crippen LogP contribution in [0, 0.1) is 5.92 Å². The van der Waals surface area contributed by atoms with Gasteiger partial charge in [-0.25, -0.2) is 4.57 Å². The molecule has 13 heteroatoms. The minimum Gasteiger partial charge on any atom is -0.462 e. The Labute approximate surface area is 357 Å². The summed E-state index contributed by atoms with van der Waals surface area (Å²) in [7, 11) is -4.68. The molecule has 0 saturated carbocycles. The SMILES string of the molecule is CCCCC/C=C\C[C@@H](O)/C=C/C=C/C=C\[C@@H](O)CCCC(=O)OC[C@H](COP(=O)(O)OC[C@@H](O)CO)OC(=O)CCCCCCCCCCCCCCCCC(C)C. The molecule has 0 aliphatic rings. The molecule has 0 aliphatic heterocycles. The number of carbonyl (C=O) groups excluding carboxylic acids is 2. The lowest BCUT2D eigenvalue weighted by Gasteiger charge is -2.20. The monoisotopic (exact) mass is 859 g/mol. The van der Waals surface area contributed by atoms with Gasteiger partial charge < -0.3 is 34.8 Å². The fourth-order valence-corrected chi connectivity index (χ4v) is 6.81. The van der Waals surface area contributed by atoms with Crippen LogP contribution in [0.2, 0.25) is 0 Å². The topological polar surface area (TPSA) is 189 Å². The van der Waals surface area contributed by atoms with Crippen molar-refractivity contribution in [2.75, 3.05) is 26.4 Å². The highest BCUT2D eigenvalue weighted by atomic mass is 31.2. The van der Waals surface area contributed by atoms with E-state index in [0.29, 0.717) is 25.7 Å². The van der Waals surface area contributed by atoms with E-state index in [2.05, 4.69) is 31.4 Å². The van der Waals surface area contributed by atoms with Crippen molar-refractivity contribution in [2.24, 2.45) is 5.92 Å². The van der Waals surface area contributed by atoms with Crippen molar-refractivity contribution in [1.29, 1.82) is 0 Å². The van der Waals surface area contributed by atoms with Gasteiger partial charge in [0, 0.05) is 12.8 Å². The highest BCUT2D eigenvalue weighted by molar-refractivity contribution is 7.47. The summed E-state index contributed by atoms with van der Waals surface area (Å²) in [4.78, 5) is 35.1. The molecule has 59 heavy (non-hydrogen) atoms. The number of esters is 2. The van der Waals surface area contributed by atoms with Gasteiger partial charge in [0.25, 0.3) is 0 Å². The summed E-state index contributed by atoms with van der Waals surface area (Å²) < 4.78 is 32.6. The van der Waals surface area contributed by atoms with Gasteiger partial charge >= 0.3 is 19.8 Å². The number of ether oxygens (including phenoxy) is 2. The second kappa shape index (κ2) is 40.0. The molecule has 0 aromatic carbocycles. The molecule has 0 aromatic rings. The zero-order valence-electron chi connectivity index (χ0n) is 36.8. The molecular weight excluding hydrogens is 775 g/mol. The van der Waals surface area contributed by atoms with E-state index in [1.807, 2.05) is 6.08 Å². The first-order valence-corrected chi connectivity index (χ1v) is 24.2. The normalized spacial score (nSPS) is 15.4. The minimum absolute atomic E-state index is 0.0186. The lowest BCUT2D eigenvalue weighted by molar-refractivity contribution is -0.161. The molecule has 0 spiro atoms.